The van der Waals surface area contributed by atoms with Gasteiger partial charge in [0.1, 0.15) is 4.88 Å². The first-order valence-electron chi connectivity index (χ1n) is 5.99. The number of carbonyl (C=O) groups is 2. The highest BCUT2D eigenvalue weighted by molar-refractivity contribution is 7.12. The van der Waals surface area contributed by atoms with Crippen LogP contribution in [0.4, 0.5) is 5.69 Å². The second kappa shape index (κ2) is 5.87. The molecule has 0 unspecified atom stereocenters. The molecular formula is C13H15N3O3S. The van der Waals surface area contributed by atoms with Crippen molar-refractivity contribution >= 4 is 28.9 Å². The van der Waals surface area contributed by atoms with E-state index in [9.17, 15) is 9.59 Å². The fourth-order valence-electron chi connectivity index (χ4n) is 1.85. The number of rotatable bonds is 4. The van der Waals surface area contributed by atoms with Crippen LogP contribution >= 0.6 is 11.3 Å². The van der Waals surface area contributed by atoms with Gasteiger partial charge in [-0.3, -0.25) is 9.89 Å². The smallest absolute Gasteiger partial charge is 0.350 e. The van der Waals surface area contributed by atoms with E-state index in [2.05, 4.69) is 20.3 Å². The van der Waals surface area contributed by atoms with Crippen LogP contribution in [0.25, 0.3) is 0 Å². The Hall–Kier alpha value is -2.15. The summed E-state index contributed by atoms with van der Waals surface area (Å²) in [7, 11) is 1.31. The number of nitrogens with one attached hydrogen (secondary N) is 2. The number of aromatic amines is 1. The zero-order valence-electron chi connectivity index (χ0n) is 11.4. The molecule has 2 aromatic heterocycles. The first-order chi connectivity index (χ1) is 9.52. The number of amides is 1. The molecule has 2 aromatic rings. The third-order valence-electron chi connectivity index (χ3n) is 2.93. The Kier molecular flexibility index (Phi) is 4.19. The van der Waals surface area contributed by atoms with Gasteiger partial charge in [0, 0.05) is 11.3 Å². The third kappa shape index (κ3) is 2.88. The van der Waals surface area contributed by atoms with Crippen LogP contribution in [0.3, 0.4) is 0 Å². The van der Waals surface area contributed by atoms with Crippen molar-refractivity contribution in [2.75, 3.05) is 12.4 Å². The Morgan fingerprint density at radius 1 is 1.45 bits per heavy atom. The SMILES string of the molecule is COC(=O)c1sccc1NC(=O)Cc1c(C)n[nH]c1C. The molecule has 0 bridgehead atoms. The van der Waals surface area contributed by atoms with Crippen LogP contribution < -0.4 is 5.32 Å². The maximum absolute atomic E-state index is 12.0. The van der Waals surface area contributed by atoms with E-state index in [1.165, 1.54) is 18.4 Å². The van der Waals surface area contributed by atoms with Gasteiger partial charge in [0.05, 0.1) is 24.9 Å². The van der Waals surface area contributed by atoms with Gasteiger partial charge in [-0.25, -0.2) is 4.79 Å². The van der Waals surface area contributed by atoms with Gasteiger partial charge >= 0.3 is 5.97 Å². The van der Waals surface area contributed by atoms with Crippen LogP contribution in [-0.2, 0) is 16.0 Å². The predicted octanol–water partition coefficient (Wildman–Crippen LogP) is 2.06. The third-order valence-corrected chi connectivity index (χ3v) is 3.82. The molecule has 2 N–H and O–H groups in total. The molecule has 0 aliphatic carbocycles. The number of carbonyl (C=O) groups excluding carboxylic acids is 2. The lowest BCUT2D eigenvalue weighted by atomic mass is 10.1. The van der Waals surface area contributed by atoms with Gasteiger partial charge < -0.3 is 10.1 Å². The molecule has 0 saturated carbocycles. The summed E-state index contributed by atoms with van der Waals surface area (Å²) in [5.41, 5.74) is 3.02. The number of esters is 1. The number of hydrogen-bond acceptors (Lipinski definition) is 5. The highest BCUT2D eigenvalue weighted by atomic mass is 32.1. The van der Waals surface area contributed by atoms with E-state index < -0.39 is 5.97 Å². The van der Waals surface area contributed by atoms with Crippen LogP contribution in [0.1, 0.15) is 26.6 Å². The summed E-state index contributed by atoms with van der Waals surface area (Å²) in [4.78, 5) is 24.0. The Morgan fingerprint density at radius 2 is 2.20 bits per heavy atom. The molecule has 0 aliphatic heterocycles. The standard InChI is InChI=1S/C13H15N3O3S/c1-7-9(8(2)16-15-7)6-11(17)14-10-4-5-20-12(10)13(18)19-3/h4-5H,6H2,1-3H3,(H,14,17)(H,15,16). The summed E-state index contributed by atoms with van der Waals surface area (Å²) in [6.07, 6.45) is 0.213. The molecule has 2 heterocycles. The number of H-pyrrole nitrogens is 1. The van der Waals surface area contributed by atoms with Crippen molar-refractivity contribution in [3.8, 4) is 0 Å². The highest BCUT2D eigenvalue weighted by Gasteiger charge is 2.17. The molecule has 0 spiro atoms. The summed E-state index contributed by atoms with van der Waals surface area (Å²) in [6, 6.07) is 1.68. The number of ether oxygens (including phenoxy) is 1. The Labute approximate surface area is 120 Å². The van der Waals surface area contributed by atoms with Crippen molar-refractivity contribution in [1.29, 1.82) is 0 Å². The largest absolute Gasteiger partial charge is 0.465 e. The van der Waals surface area contributed by atoms with Crippen molar-refractivity contribution in [2.24, 2.45) is 0 Å². The minimum atomic E-state index is -0.453. The van der Waals surface area contributed by atoms with Gasteiger partial charge in [0.15, 0.2) is 0 Å². The lowest BCUT2D eigenvalue weighted by Crippen LogP contribution is -2.16. The number of nitrogens with zero attached hydrogens (tertiary/aromatic N) is 1. The normalized spacial score (nSPS) is 10.3. The minimum Gasteiger partial charge on any atom is -0.465 e. The molecule has 0 radical (unpaired) electrons. The second-order valence-corrected chi connectivity index (χ2v) is 5.21. The quantitative estimate of drug-likeness (QED) is 0.845. The van der Waals surface area contributed by atoms with Crippen LogP contribution in [0.15, 0.2) is 11.4 Å². The van der Waals surface area contributed by atoms with E-state index in [0.717, 1.165) is 17.0 Å². The van der Waals surface area contributed by atoms with E-state index >= 15 is 0 Å². The van der Waals surface area contributed by atoms with Crippen LogP contribution in [-0.4, -0.2) is 29.2 Å². The van der Waals surface area contributed by atoms with E-state index in [1.807, 2.05) is 13.8 Å². The number of aromatic nitrogens is 2. The molecule has 20 heavy (non-hydrogen) atoms. The summed E-state index contributed by atoms with van der Waals surface area (Å²) in [5, 5.41) is 11.3. The molecule has 0 atom stereocenters. The predicted molar refractivity (Wildman–Crippen MR) is 76.1 cm³/mol. The zero-order valence-corrected chi connectivity index (χ0v) is 12.3. The van der Waals surface area contributed by atoms with Gasteiger partial charge in [-0.1, -0.05) is 0 Å². The zero-order chi connectivity index (χ0) is 14.7. The van der Waals surface area contributed by atoms with Crippen molar-refractivity contribution in [3.05, 3.63) is 33.3 Å². The Bertz CT molecular complexity index is 626. The number of thiophene rings is 1. The molecule has 0 aliphatic rings. The first kappa shape index (κ1) is 14.3. The monoisotopic (exact) mass is 293 g/mol. The summed E-state index contributed by atoms with van der Waals surface area (Å²) >= 11 is 1.23. The minimum absolute atomic E-state index is 0.193. The molecule has 0 fully saturated rings. The Morgan fingerprint density at radius 3 is 2.80 bits per heavy atom. The molecular weight excluding hydrogens is 278 g/mol. The molecule has 0 aromatic carbocycles. The fraction of sp³-hybridized carbons (Fsp3) is 0.308. The van der Waals surface area contributed by atoms with E-state index in [-0.39, 0.29) is 12.3 Å². The average molecular weight is 293 g/mol. The van der Waals surface area contributed by atoms with Crippen LogP contribution in [0, 0.1) is 13.8 Å². The van der Waals surface area contributed by atoms with Gasteiger partial charge in [-0.15, -0.1) is 11.3 Å². The summed E-state index contributed by atoms with van der Waals surface area (Å²) in [5.74, 6) is -0.646. The lowest BCUT2D eigenvalue weighted by Gasteiger charge is -2.05. The van der Waals surface area contributed by atoms with Gasteiger partial charge in [0.2, 0.25) is 5.91 Å². The maximum atomic E-state index is 12.0. The number of aryl methyl sites for hydroxylation is 2. The summed E-state index contributed by atoms with van der Waals surface area (Å²) < 4.78 is 4.67. The summed E-state index contributed by atoms with van der Waals surface area (Å²) in [6.45, 7) is 3.71. The number of hydrogen-bond donors (Lipinski definition) is 2. The van der Waals surface area contributed by atoms with E-state index in [0.29, 0.717) is 10.6 Å². The van der Waals surface area contributed by atoms with Gasteiger partial charge in [-0.2, -0.15) is 5.10 Å². The van der Waals surface area contributed by atoms with Crippen LogP contribution in [0.5, 0.6) is 0 Å². The van der Waals surface area contributed by atoms with Gasteiger partial charge in [0.25, 0.3) is 0 Å². The second-order valence-electron chi connectivity index (χ2n) is 4.29. The van der Waals surface area contributed by atoms with E-state index in [4.69, 9.17) is 0 Å². The topological polar surface area (TPSA) is 84.1 Å². The Balaban J connectivity index is 2.09. The molecule has 1 amide bonds. The lowest BCUT2D eigenvalue weighted by molar-refractivity contribution is -0.115. The number of anilines is 1. The van der Waals surface area contributed by atoms with Gasteiger partial charge in [-0.05, 0) is 25.3 Å². The molecule has 6 nitrogen and oxygen atoms in total. The first-order valence-corrected chi connectivity index (χ1v) is 6.87. The molecule has 0 saturated heterocycles. The van der Waals surface area contributed by atoms with E-state index in [1.54, 1.807) is 11.4 Å². The number of methoxy groups -OCH3 is 1. The van der Waals surface area contributed by atoms with Crippen molar-refractivity contribution in [1.82, 2.24) is 10.2 Å². The van der Waals surface area contributed by atoms with Crippen molar-refractivity contribution < 1.29 is 14.3 Å². The molecule has 2 rings (SSSR count). The van der Waals surface area contributed by atoms with Crippen molar-refractivity contribution in [2.45, 2.75) is 20.3 Å². The molecule has 7 heteroatoms. The molecule has 106 valence electrons. The van der Waals surface area contributed by atoms with Crippen molar-refractivity contribution in [3.63, 3.8) is 0 Å². The maximum Gasteiger partial charge on any atom is 0.350 e. The van der Waals surface area contributed by atoms with Crippen LogP contribution in [0.2, 0.25) is 0 Å². The average Bonchev–Trinajstić information content (AvgIpc) is 2.99. The highest BCUT2D eigenvalue weighted by Crippen LogP contribution is 2.23. The fourth-order valence-corrected chi connectivity index (χ4v) is 2.61.